The molecule has 4 heteroatoms. The van der Waals surface area contributed by atoms with Crippen LogP contribution in [-0.4, -0.2) is 18.6 Å². The second-order valence-corrected chi connectivity index (χ2v) is 4.10. The zero-order chi connectivity index (χ0) is 12.8. The number of methoxy groups -OCH3 is 1. The molecule has 0 spiro atoms. The van der Waals surface area contributed by atoms with Gasteiger partial charge in [-0.2, -0.15) is 0 Å². The van der Waals surface area contributed by atoms with Crippen molar-refractivity contribution in [2.24, 2.45) is 0 Å². The summed E-state index contributed by atoms with van der Waals surface area (Å²) in [5.74, 6) is 0.510. The van der Waals surface area contributed by atoms with Crippen LogP contribution in [0.2, 0.25) is 0 Å². The Morgan fingerprint density at radius 1 is 1.33 bits per heavy atom. The molecule has 18 heavy (non-hydrogen) atoms. The molecule has 0 atom stereocenters. The molecule has 2 rings (SSSR count). The smallest absolute Gasteiger partial charge is 0.123 e. The molecule has 1 heterocycles. The molecule has 0 amide bonds. The lowest BCUT2D eigenvalue weighted by molar-refractivity contribution is 0.407. The first kappa shape index (κ1) is 12.6. The van der Waals surface area contributed by atoms with Crippen LogP contribution >= 0.6 is 0 Å². The summed E-state index contributed by atoms with van der Waals surface area (Å²) in [5.41, 5.74) is 2.10. The quantitative estimate of drug-likeness (QED) is 0.771. The maximum atomic E-state index is 13.1. The average Bonchev–Trinajstić information content (AvgIpc) is 2.88. The molecule has 0 bridgehead atoms. The molecule has 3 nitrogen and oxygen atoms in total. The van der Waals surface area contributed by atoms with Crippen molar-refractivity contribution in [1.82, 2.24) is 10.3 Å². The molecule has 0 saturated carbocycles. The Balaban J connectivity index is 1.84. The first-order valence-corrected chi connectivity index (χ1v) is 5.94. The summed E-state index contributed by atoms with van der Waals surface area (Å²) in [7, 11) is 1.60. The number of rotatable bonds is 6. The minimum absolute atomic E-state index is 0.226. The second-order valence-electron chi connectivity index (χ2n) is 4.10. The van der Waals surface area contributed by atoms with E-state index in [4.69, 9.17) is 4.74 Å². The number of hydrogen-bond acceptors (Lipinski definition) is 2. The molecule has 0 radical (unpaired) electrons. The van der Waals surface area contributed by atoms with Gasteiger partial charge in [-0.05, 0) is 48.4 Å². The minimum Gasteiger partial charge on any atom is -0.496 e. The average molecular weight is 248 g/mol. The largest absolute Gasteiger partial charge is 0.496 e. The van der Waals surface area contributed by atoms with Crippen molar-refractivity contribution in [1.29, 1.82) is 0 Å². The molecular weight excluding hydrogens is 231 g/mol. The van der Waals surface area contributed by atoms with Crippen LogP contribution in [0.3, 0.4) is 0 Å². The molecule has 0 aliphatic rings. The van der Waals surface area contributed by atoms with Gasteiger partial charge in [-0.3, -0.25) is 0 Å². The lowest BCUT2D eigenvalue weighted by Gasteiger charge is -2.09. The van der Waals surface area contributed by atoms with Gasteiger partial charge >= 0.3 is 0 Å². The van der Waals surface area contributed by atoms with Gasteiger partial charge in [0, 0.05) is 18.9 Å². The van der Waals surface area contributed by atoms with E-state index in [1.54, 1.807) is 13.2 Å². The molecule has 1 aromatic carbocycles. The van der Waals surface area contributed by atoms with Crippen molar-refractivity contribution in [3.05, 3.63) is 53.6 Å². The Morgan fingerprint density at radius 2 is 2.22 bits per heavy atom. The Bertz CT molecular complexity index is 483. The maximum absolute atomic E-state index is 13.1. The number of nitrogens with one attached hydrogen (secondary N) is 2. The first-order valence-electron chi connectivity index (χ1n) is 5.94. The van der Waals surface area contributed by atoms with E-state index in [0.717, 1.165) is 30.8 Å². The van der Waals surface area contributed by atoms with Gasteiger partial charge in [0.25, 0.3) is 0 Å². The van der Waals surface area contributed by atoms with Crippen LogP contribution in [0.25, 0.3) is 0 Å². The summed E-state index contributed by atoms with van der Waals surface area (Å²) in [4.78, 5) is 3.00. The molecule has 0 saturated heterocycles. The molecule has 0 fully saturated rings. The molecule has 2 N–H and O–H groups in total. The van der Waals surface area contributed by atoms with Crippen molar-refractivity contribution in [2.75, 3.05) is 13.7 Å². The highest BCUT2D eigenvalue weighted by atomic mass is 19.1. The number of hydrogen-bond donors (Lipinski definition) is 2. The molecule has 1 aromatic heterocycles. The Kier molecular flexibility index (Phi) is 4.36. The van der Waals surface area contributed by atoms with E-state index in [1.807, 2.05) is 18.5 Å². The standard InChI is InChI=1S/C14H17FN2O/c1-18-14-3-2-13(15)8-12(14)5-7-17-10-11-4-6-16-9-11/h2-4,6,8-9,16-17H,5,7,10H2,1H3. The van der Waals surface area contributed by atoms with Gasteiger partial charge in [0.1, 0.15) is 11.6 Å². The van der Waals surface area contributed by atoms with Crippen LogP contribution in [0.15, 0.2) is 36.7 Å². The van der Waals surface area contributed by atoms with Gasteiger partial charge in [-0.15, -0.1) is 0 Å². The normalized spacial score (nSPS) is 10.6. The number of aromatic amines is 1. The summed E-state index contributed by atoms with van der Waals surface area (Å²) >= 11 is 0. The fourth-order valence-electron chi connectivity index (χ4n) is 1.87. The van der Waals surface area contributed by atoms with E-state index >= 15 is 0 Å². The van der Waals surface area contributed by atoms with E-state index in [2.05, 4.69) is 10.3 Å². The van der Waals surface area contributed by atoms with Gasteiger partial charge < -0.3 is 15.0 Å². The van der Waals surface area contributed by atoms with E-state index in [9.17, 15) is 4.39 Å². The summed E-state index contributed by atoms with van der Waals surface area (Å²) in [5, 5.41) is 3.31. The Labute approximate surface area is 106 Å². The molecule has 0 aliphatic carbocycles. The highest BCUT2D eigenvalue weighted by molar-refractivity contribution is 5.34. The monoisotopic (exact) mass is 248 g/mol. The Morgan fingerprint density at radius 3 is 2.94 bits per heavy atom. The number of H-pyrrole nitrogens is 1. The maximum Gasteiger partial charge on any atom is 0.123 e. The van der Waals surface area contributed by atoms with Crippen LogP contribution in [0.1, 0.15) is 11.1 Å². The predicted octanol–water partition coefficient (Wildman–Crippen LogP) is 2.49. The van der Waals surface area contributed by atoms with Crippen molar-refractivity contribution in [2.45, 2.75) is 13.0 Å². The molecule has 96 valence electrons. The van der Waals surface area contributed by atoms with Gasteiger partial charge in [0.2, 0.25) is 0 Å². The second kappa shape index (κ2) is 6.21. The number of benzene rings is 1. The van der Waals surface area contributed by atoms with E-state index in [-0.39, 0.29) is 5.82 Å². The highest BCUT2D eigenvalue weighted by Crippen LogP contribution is 2.19. The summed E-state index contributed by atoms with van der Waals surface area (Å²) < 4.78 is 18.3. The third-order valence-electron chi connectivity index (χ3n) is 2.81. The number of ether oxygens (including phenoxy) is 1. The molecule has 0 unspecified atom stereocenters. The first-order chi connectivity index (χ1) is 8.79. The third-order valence-corrected chi connectivity index (χ3v) is 2.81. The highest BCUT2D eigenvalue weighted by Gasteiger charge is 2.04. The van der Waals surface area contributed by atoms with Crippen LogP contribution in [-0.2, 0) is 13.0 Å². The topological polar surface area (TPSA) is 37.0 Å². The number of aromatic nitrogens is 1. The van der Waals surface area contributed by atoms with Crippen LogP contribution in [0.5, 0.6) is 5.75 Å². The predicted molar refractivity (Wildman–Crippen MR) is 69.2 cm³/mol. The van der Waals surface area contributed by atoms with Crippen LogP contribution < -0.4 is 10.1 Å². The number of halogens is 1. The lowest BCUT2D eigenvalue weighted by Crippen LogP contribution is -2.16. The minimum atomic E-state index is -0.226. The molecule has 2 aromatic rings. The van der Waals surface area contributed by atoms with Crippen molar-refractivity contribution >= 4 is 0 Å². The van der Waals surface area contributed by atoms with E-state index in [1.165, 1.54) is 17.7 Å². The lowest BCUT2D eigenvalue weighted by atomic mass is 10.1. The third kappa shape index (κ3) is 3.34. The zero-order valence-electron chi connectivity index (χ0n) is 10.4. The molecular formula is C14H17FN2O. The van der Waals surface area contributed by atoms with Gasteiger partial charge in [0.05, 0.1) is 7.11 Å². The SMILES string of the molecule is COc1ccc(F)cc1CCNCc1cc[nH]c1. The Hall–Kier alpha value is -1.81. The van der Waals surface area contributed by atoms with Crippen molar-refractivity contribution < 1.29 is 9.13 Å². The zero-order valence-corrected chi connectivity index (χ0v) is 10.4. The fourth-order valence-corrected chi connectivity index (χ4v) is 1.87. The van der Waals surface area contributed by atoms with Gasteiger partial charge in [-0.25, -0.2) is 4.39 Å². The van der Waals surface area contributed by atoms with Crippen molar-refractivity contribution in [3.8, 4) is 5.75 Å². The van der Waals surface area contributed by atoms with E-state index in [0.29, 0.717) is 0 Å². The summed E-state index contributed by atoms with van der Waals surface area (Å²) in [6.07, 6.45) is 4.59. The fraction of sp³-hybridized carbons (Fsp3) is 0.286. The van der Waals surface area contributed by atoms with Gasteiger partial charge in [-0.1, -0.05) is 0 Å². The summed E-state index contributed by atoms with van der Waals surface area (Å²) in [6.45, 7) is 1.59. The van der Waals surface area contributed by atoms with E-state index < -0.39 is 0 Å². The summed E-state index contributed by atoms with van der Waals surface area (Å²) in [6, 6.07) is 6.62. The molecule has 0 aliphatic heterocycles. The van der Waals surface area contributed by atoms with Gasteiger partial charge in [0.15, 0.2) is 0 Å². The van der Waals surface area contributed by atoms with Crippen LogP contribution in [0.4, 0.5) is 4.39 Å². The van der Waals surface area contributed by atoms with Crippen LogP contribution in [0, 0.1) is 5.82 Å². The van der Waals surface area contributed by atoms with Crippen molar-refractivity contribution in [3.63, 3.8) is 0 Å².